The van der Waals surface area contributed by atoms with E-state index >= 15 is 0 Å². The van der Waals surface area contributed by atoms with Crippen molar-refractivity contribution in [2.24, 2.45) is 0 Å². The minimum Gasteiger partial charge on any atom is -0.313 e. The predicted octanol–water partition coefficient (Wildman–Crippen LogP) is 2.67. The van der Waals surface area contributed by atoms with Crippen LogP contribution in [0.25, 0.3) is 0 Å². The van der Waals surface area contributed by atoms with Crippen molar-refractivity contribution in [1.82, 2.24) is 5.32 Å². The van der Waals surface area contributed by atoms with Crippen LogP contribution >= 0.6 is 11.8 Å². The monoisotopic (exact) mass is 211 g/mol. The maximum Gasteiger partial charge on any atom is 0.136 e. The predicted molar refractivity (Wildman–Crippen MR) is 58.1 cm³/mol. The molecule has 0 spiro atoms. The minimum atomic E-state index is -0.101. The molecular weight excluding hydrogens is 197 g/mol. The highest BCUT2D eigenvalue weighted by Gasteiger charge is 2.14. The molecule has 1 unspecified atom stereocenters. The molecule has 1 fully saturated rings. The summed E-state index contributed by atoms with van der Waals surface area (Å²) in [5.41, 5.74) is 0. The molecule has 0 amide bonds. The zero-order valence-corrected chi connectivity index (χ0v) is 8.82. The number of rotatable bonds is 3. The first-order valence-electron chi connectivity index (χ1n) is 4.97. The third-order valence-electron chi connectivity index (χ3n) is 2.44. The van der Waals surface area contributed by atoms with Crippen molar-refractivity contribution in [2.75, 3.05) is 12.3 Å². The van der Waals surface area contributed by atoms with Gasteiger partial charge in [0.15, 0.2) is 0 Å². The summed E-state index contributed by atoms with van der Waals surface area (Å²) in [6.07, 6.45) is 2.48. The Bertz CT molecular complexity index is 297. The van der Waals surface area contributed by atoms with Crippen LogP contribution in [0.3, 0.4) is 0 Å². The van der Waals surface area contributed by atoms with Gasteiger partial charge in [0.05, 0.1) is 0 Å². The van der Waals surface area contributed by atoms with E-state index in [0.29, 0.717) is 6.04 Å². The van der Waals surface area contributed by atoms with Gasteiger partial charge in [-0.25, -0.2) is 4.39 Å². The van der Waals surface area contributed by atoms with E-state index in [4.69, 9.17) is 0 Å². The second-order valence-electron chi connectivity index (χ2n) is 3.53. The van der Waals surface area contributed by atoms with Gasteiger partial charge in [-0.2, -0.15) is 0 Å². The number of hydrogen-bond acceptors (Lipinski definition) is 2. The highest BCUT2D eigenvalue weighted by molar-refractivity contribution is 7.99. The summed E-state index contributed by atoms with van der Waals surface area (Å²) < 4.78 is 13.2. The molecule has 0 aliphatic carbocycles. The summed E-state index contributed by atoms with van der Waals surface area (Å²) in [6.45, 7) is 1.11. The van der Waals surface area contributed by atoms with Crippen LogP contribution in [-0.2, 0) is 0 Å². The van der Waals surface area contributed by atoms with Crippen molar-refractivity contribution in [2.45, 2.75) is 23.8 Å². The van der Waals surface area contributed by atoms with Gasteiger partial charge in [0.2, 0.25) is 0 Å². The summed E-state index contributed by atoms with van der Waals surface area (Å²) in [6, 6.07) is 7.54. The van der Waals surface area contributed by atoms with E-state index in [2.05, 4.69) is 5.32 Å². The Hall–Kier alpha value is -0.540. The number of nitrogens with one attached hydrogen (secondary N) is 1. The smallest absolute Gasteiger partial charge is 0.136 e. The Kier molecular flexibility index (Phi) is 3.43. The van der Waals surface area contributed by atoms with Gasteiger partial charge in [-0.1, -0.05) is 12.1 Å². The van der Waals surface area contributed by atoms with Crippen molar-refractivity contribution >= 4 is 11.8 Å². The maximum absolute atomic E-state index is 13.2. The SMILES string of the molecule is Fc1ccccc1SCC1CCCN1. The van der Waals surface area contributed by atoms with Crippen LogP contribution in [0.2, 0.25) is 0 Å². The van der Waals surface area contributed by atoms with E-state index in [1.807, 2.05) is 12.1 Å². The maximum atomic E-state index is 13.2. The van der Waals surface area contributed by atoms with Crippen LogP contribution in [0.1, 0.15) is 12.8 Å². The molecule has 1 heterocycles. The summed E-state index contributed by atoms with van der Waals surface area (Å²) in [5, 5.41) is 3.40. The summed E-state index contributed by atoms with van der Waals surface area (Å²) in [7, 11) is 0. The van der Waals surface area contributed by atoms with E-state index in [0.717, 1.165) is 17.2 Å². The topological polar surface area (TPSA) is 12.0 Å². The normalized spacial score (nSPS) is 21.4. The quantitative estimate of drug-likeness (QED) is 0.771. The van der Waals surface area contributed by atoms with Gasteiger partial charge in [0, 0.05) is 16.7 Å². The summed E-state index contributed by atoms with van der Waals surface area (Å²) in [5.74, 6) is 0.872. The Morgan fingerprint density at radius 1 is 1.43 bits per heavy atom. The molecule has 1 atom stereocenters. The van der Waals surface area contributed by atoms with Gasteiger partial charge in [0.25, 0.3) is 0 Å². The van der Waals surface area contributed by atoms with Gasteiger partial charge >= 0.3 is 0 Å². The third kappa shape index (κ3) is 2.49. The van der Waals surface area contributed by atoms with Gasteiger partial charge in [-0.3, -0.25) is 0 Å². The molecule has 2 rings (SSSR count). The van der Waals surface area contributed by atoms with Crippen LogP contribution in [-0.4, -0.2) is 18.3 Å². The Morgan fingerprint density at radius 3 is 3.00 bits per heavy atom. The molecule has 1 nitrogen and oxygen atoms in total. The molecule has 0 aromatic heterocycles. The summed E-state index contributed by atoms with van der Waals surface area (Å²) in [4.78, 5) is 0.765. The molecule has 0 radical (unpaired) electrons. The lowest BCUT2D eigenvalue weighted by Crippen LogP contribution is -2.23. The molecule has 3 heteroatoms. The first kappa shape index (κ1) is 9.99. The lowest BCUT2D eigenvalue weighted by molar-refractivity contribution is 0.601. The Labute approximate surface area is 88.1 Å². The second kappa shape index (κ2) is 4.80. The van der Waals surface area contributed by atoms with Gasteiger partial charge in [0.1, 0.15) is 5.82 Å². The number of halogens is 1. The number of hydrogen-bond donors (Lipinski definition) is 1. The van der Waals surface area contributed by atoms with Gasteiger partial charge < -0.3 is 5.32 Å². The summed E-state index contributed by atoms with van der Waals surface area (Å²) >= 11 is 1.61. The van der Waals surface area contributed by atoms with Gasteiger partial charge in [-0.05, 0) is 31.5 Å². The van der Waals surface area contributed by atoms with Crippen LogP contribution in [0.5, 0.6) is 0 Å². The molecule has 1 N–H and O–H groups in total. The van der Waals surface area contributed by atoms with Crippen LogP contribution in [0.15, 0.2) is 29.2 Å². The first-order valence-corrected chi connectivity index (χ1v) is 5.95. The van der Waals surface area contributed by atoms with E-state index < -0.39 is 0 Å². The average Bonchev–Trinajstić information content (AvgIpc) is 2.69. The lowest BCUT2D eigenvalue weighted by Gasteiger charge is -2.09. The average molecular weight is 211 g/mol. The fraction of sp³-hybridized carbons (Fsp3) is 0.455. The Morgan fingerprint density at radius 2 is 2.29 bits per heavy atom. The van der Waals surface area contributed by atoms with Gasteiger partial charge in [-0.15, -0.1) is 11.8 Å². The van der Waals surface area contributed by atoms with Crippen molar-refractivity contribution < 1.29 is 4.39 Å². The second-order valence-corrected chi connectivity index (χ2v) is 4.60. The molecule has 1 aliphatic heterocycles. The molecule has 1 aromatic rings. The van der Waals surface area contributed by atoms with Crippen molar-refractivity contribution in [3.8, 4) is 0 Å². The van der Waals surface area contributed by atoms with E-state index in [1.54, 1.807) is 17.8 Å². The van der Waals surface area contributed by atoms with Crippen molar-refractivity contribution in [1.29, 1.82) is 0 Å². The van der Waals surface area contributed by atoms with Crippen LogP contribution in [0.4, 0.5) is 4.39 Å². The molecule has 0 saturated carbocycles. The highest BCUT2D eigenvalue weighted by Crippen LogP contribution is 2.23. The Balaban J connectivity index is 1.88. The third-order valence-corrected chi connectivity index (χ3v) is 3.65. The van der Waals surface area contributed by atoms with Crippen molar-refractivity contribution in [3.05, 3.63) is 30.1 Å². The van der Waals surface area contributed by atoms with Crippen LogP contribution < -0.4 is 5.32 Å². The first-order chi connectivity index (χ1) is 6.86. The molecule has 0 bridgehead atoms. The molecule has 76 valence electrons. The standard InChI is InChI=1S/C11H14FNS/c12-10-5-1-2-6-11(10)14-8-9-4-3-7-13-9/h1-2,5-6,9,13H,3-4,7-8H2. The fourth-order valence-electron chi connectivity index (χ4n) is 1.65. The van der Waals surface area contributed by atoms with Crippen molar-refractivity contribution in [3.63, 3.8) is 0 Å². The minimum absolute atomic E-state index is 0.101. The largest absolute Gasteiger partial charge is 0.313 e. The lowest BCUT2D eigenvalue weighted by atomic mass is 10.3. The van der Waals surface area contributed by atoms with Crippen LogP contribution in [0, 0.1) is 5.82 Å². The van der Waals surface area contributed by atoms with E-state index in [-0.39, 0.29) is 5.82 Å². The zero-order valence-electron chi connectivity index (χ0n) is 8.00. The van der Waals surface area contributed by atoms with E-state index in [9.17, 15) is 4.39 Å². The molecule has 1 aromatic carbocycles. The molecule has 14 heavy (non-hydrogen) atoms. The molecular formula is C11H14FNS. The molecule has 1 aliphatic rings. The fourth-order valence-corrected chi connectivity index (χ4v) is 2.70. The van der Waals surface area contributed by atoms with E-state index in [1.165, 1.54) is 18.9 Å². The number of thioether (sulfide) groups is 1. The molecule has 1 saturated heterocycles. The highest BCUT2D eigenvalue weighted by atomic mass is 32.2. The number of benzene rings is 1. The zero-order chi connectivity index (χ0) is 9.80.